The van der Waals surface area contributed by atoms with Gasteiger partial charge in [-0.25, -0.2) is 4.79 Å². The van der Waals surface area contributed by atoms with E-state index in [1.165, 1.54) is 7.11 Å². The summed E-state index contributed by atoms with van der Waals surface area (Å²) in [6.45, 7) is 0.211. The van der Waals surface area contributed by atoms with Gasteiger partial charge in [-0.1, -0.05) is 0 Å². The van der Waals surface area contributed by atoms with Crippen molar-refractivity contribution in [1.82, 2.24) is 5.32 Å². The predicted octanol–water partition coefficient (Wildman–Crippen LogP) is -1.73. The maximum atomic E-state index is 12.4. The predicted molar refractivity (Wildman–Crippen MR) is 87.0 cm³/mol. The number of aliphatic imine (C=N–C) groups is 1. The summed E-state index contributed by atoms with van der Waals surface area (Å²) in [7, 11) is 3.20. The van der Waals surface area contributed by atoms with Crippen molar-refractivity contribution in [2.24, 2.45) is 16.5 Å². The zero-order valence-corrected chi connectivity index (χ0v) is 13.3. The van der Waals surface area contributed by atoms with Crippen LogP contribution in [0, 0.1) is 0 Å². The fourth-order valence-electron chi connectivity index (χ4n) is 1.91. The van der Waals surface area contributed by atoms with Crippen LogP contribution in [0.25, 0.3) is 0 Å². The Morgan fingerprint density at radius 2 is 2.09 bits per heavy atom. The molecule has 9 heteroatoms. The highest BCUT2D eigenvalue weighted by Crippen LogP contribution is 2.22. The van der Waals surface area contributed by atoms with E-state index in [9.17, 15) is 9.59 Å². The van der Waals surface area contributed by atoms with E-state index < -0.39 is 17.9 Å². The summed E-state index contributed by atoms with van der Waals surface area (Å²) in [5.41, 5.74) is 14.9. The van der Waals surface area contributed by atoms with Gasteiger partial charge < -0.3 is 26.8 Å². The van der Waals surface area contributed by atoms with E-state index in [1.54, 1.807) is 25.2 Å². The largest absolute Gasteiger partial charge is 0.496 e. The third-order valence-corrected chi connectivity index (χ3v) is 3.14. The first-order chi connectivity index (χ1) is 10.9. The van der Waals surface area contributed by atoms with Crippen LogP contribution < -0.4 is 32.6 Å². The molecule has 0 radical (unpaired) electrons. The summed E-state index contributed by atoms with van der Waals surface area (Å²) in [6, 6.07) is 4.29. The molecule has 2 amide bonds. The van der Waals surface area contributed by atoms with Gasteiger partial charge in [0.2, 0.25) is 0 Å². The molecule has 0 aliphatic carbocycles. The van der Waals surface area contributed by atoms with Gasteiger partial charge in [0.1, 0.15) is 11.8 Å². The molecule has 0 aliphatic rings. The number of amides is 2. The second-order valence-corrected chi connectivity index (χ2v) is 4.75. The highest BCUT2D eigenvalue weighted by molar-refractivity contribution is 5.99. The molecular weight excluding hydrogens is 300 g/mol. The molecule has 23 heavy (non-hydrogen) atoms. The van der Waals surface area contributed by atoms with Crippen LogP contribution in [-0.4, -0.2) is 44.5 Å². The minimum Gasteiger partial charge on any atom is -0.496 e. The zero-order chi connectivity index (χ0) is 17.4. The number of rotatable bonds is 8. The van der Waals surface area contributed by atoms with Crippen LogP contribution in [0.2, 0.25) is 0 Å². The van der Waals surface area contributed by atoms with E-state index in [0.29, 0.717) is 11.3 Å². The maximum Gasteiger partial charge on any atom is 0.331 e. The first-order valence-corrected chi connectivity index (χ1v) is 6.96. The standard InChI is InChI=1S/C14H22N6O3/c1-18-8-3-4-11(23-2)9(7-8)13(22)20-10(12(15)21)5-6-19-14(16)17/h3-4,7,10,18H,5-6H2,1-2H3,(H2,15,21)(H,20,22)(H4,16,17,19)/p+1. The number of ether oxygens (including phenoxy) is 1. The van der Waals surface area contributed by atoms with Crippen LogP contribution in [0.1, 0.15) is 16.8 Å². The van der Waals surface area contributed by atoms with Gasteiger partial charge in [-0.05, 0) is 18.2 Å². The summed E-state index contributed by atoms with van der Waals surface area (Å²) in [5.74, 6) is -0.533. The number of guanidine groups is 1. The van der Waals surface area contributed by atoms with Crippen LogP contribution in [0.4, 0.5) is 5.69 Å². The first kappa shape index (κ1) is 18.2. The number of nitrogens with zero attached hydrogens (tertiary/aromatic N) is 1. The molecule has 0 saturated carbocycles. The fraction of sp³-hybridized carbons (Fsp3) is 0.357. The van der Waals surface area contributed by atoms with Crippen molar-refractivity contribution in [3.63, 3.8) is 0 Å². The summed E-state index contributed by atoms with van der Waals surface area (Å²) < 4.78 is 5.18. The number of quaternary nitrogens is 1. The third-order valence-electron chi connectivity index (χ3n) is 3.14. The number of nitrogens with two attached hydrogens (primary N) is 2. The van der Waals surface area contributed by atoms with E-state index >= 15 is 0 Å². The van der Waals surface area contributed by atoms with Gasteiger partial charge in [0.05, 0.1) is 12.7 Å². The Labute approximate surface area is 134 Å². The normalized spacial score (nSPS) is 11.3. The molecule has 0 spiro atoms. The Kier molecular flexibility index (Phi) is 6.81. The summed E-state index contributed by atoms with van der Waals surface area (Å²) in [6.07, 6.45) is 0.250. The second kappa shape index (κ2) is 8.59. The lowest BCUT2D eigenvalue weighted by Crippen LogP contribution is -2.66. The van der Waals surface area contributed by atoms with E-state index in [1.807, 2.05) is 0 Å². The van der Waals surface area contributed by atoms with Crippen molar-refractivity contribution in [2.75, 3.05) is 26.0 Å². The summed E-state index contributed by atoms with van der Waals surface area (Å²) in [5, 5.41) is 5.56. The van der Waals surface area contributed by atoms with Crippen LogP contribution in [0.15, 0.2) is 23.2 Å². The molecule has 0 saturated heterocycles. The number of hydrogen-bond donors (Lipinski definition) is 5. The molecule has 0 fully saturated rings. The minimum atomic E-state index is -0.784. The Bertz CT molecular complexity index is 598. The average Bonchev–Trinajstić information content (AvgIpc) is 2.52. The second-order valence-electron chi connectivity index (χ2n) is 4.75. The van der Waals surface area contributed by atoms with Crippen molar-refractivity contribution in [3.8, 4) is 5.75 Å². The lowest BCUT2D eigenvalue weighted by Gasteiger charge is -2.15. The molecule has 0 heterocycles. The molecule has 1 aromatic rings. The summed E-state index contributed by atoms with van der Waals surface area (Å²) in [4.78, 5) is 27.8. The number of carbonyl (C=O) groups is 2. The number of nitrogens with one attached hydrogen (secondary N) is 2. The van der Waals surface area contributed by atoms with Gasteiger partial charge in [-0.15, -0.1) is 0 Å². The van der Waals surface area contributed by atoms with Crippen LogP contribution in [0.5, 0.6) is 5.75 Å². The molecule has 9 N–H and O–H groups in total. The van der Waals surface area contributed by atoms with E-state index in [0.717, 1.165) is 5.69 Å². The van der Waals surface area contributed by atoms with Crippen LogP contribution >= 0.6 is 0 Å². The number of methoxy groups -OCH3 is 1. The molecule has 0 bridgehead atoms. The van der Waals surface area contributed by atoms with Crippen molar-refractivity contribution in [3.05, 3.63) is 23.8 Å². The van der Waals surface area contributed by atoms with Crippen molar-refractivity contribution < 1.29 is 20.1 Å². The van der Waals surface area contributed by atoms with Crippen molar-refractivity contribution in [2.45, 2.75) is 12.5 Å². The molecule has 1 rings (SSSR count). The molecule has 1 atom stereocenters. The van der Waals surface area contributed by atoms with Crippen LogP contribution in [-0.2, 0) is 4.79 Å². The number of hydrogen-bond acceptors (Lipinski definition) is 5. The quantitative estimate of drug-likeness (QED) is 0.282. The Hall–Kier alpha value is -2.81. The van der Waals surface area contributed by atoms with Gasteiger partial charge in [0, 0.05) is 25.7 Å². The lowest BCUT2D eigenvalue weighted by atomic mass is 10.1. The van der Waals surface area contributed by atoms with Gasteiger partial charge >= 0.3 is 5.91 Å². The SMILES string of the molecule is CNc1ccc(OC)c(C(=O)NC(CCN=C(N)N)C([NH3+])=O)c1. The van der Waals surface area contributed by atoms with Crippen molar-refractivity contribution >= 4 is 23.5 Å². The van der Waals surface area contributed by atoms with E-state index in [4.69, 9.17) is 16.2 Å². The zero-order valence-electron chi connectivity index (χ0n) is 13.3. The number of anilines is 1. The topological polar surface area (TPSA) is 159 Å². The highest BCUT2D eigenvalue weighted by atomic mass is 16.5. The van der Waals surface area contributed by atoms with Crippen molar-refractivity contribution in [1.29, 1.82) is 0 Å². The molecule has 126 valence electrons. The maximum absolute atomic E-state index is 12.4. The lowest BCUT2D eigenvalue weighted by molar-refractivity contribution is -0.308. The summed E-state index contributed by atoms with van der Waals surface area (Å²) >= 11 is 0. The molecule has 0 aliphatic heterocycles. The molecule has 9 nitrogen and oxygen atoms in total. The minimum absolute atomic E-state index is 0.0741. The smallest absolute Gasteiger partial charge is 0.331 e. The third kappa shape index (κ3) is 5.47. The van der Waals surface area contributed by atoms with Gasteiger partial charge in [0.15, 0.2) is 5.96 Å². The Balaban J connectivity index is 2.90. The van der Waals surface area contributed by atoms with Gasteiger partial charge in [0.25, 0.3) is 5.91 Å². The molecule has 0 aromatic heterocycles. The molecular formula is C14H23N6O3+. The van der Waals surface area contributed by atoms with E-state index in [2.05, 4.69) is 21.4 Å². The average molecular weight is 323 g/mol. The van der Waals surface area contributed by atoms with Gasteiger partial charge in [-0.2, -0.15) is 0 Å². The fourth-order valence-corrected chi connectivity index (χ4v) is 1.91. The van der Waals surface area contributed by atoms with Crippen LogP contribution in [0.3, 0.4) is 0 Å². The van der Waals surface area contributed by atoms with E-state index in [-0.39, 0.29) is 18.9 Å². The monoisotopic (exact) mass is 323 g/mol. The number of carbonyl (C=O) groups excluding carboxylic acids is 2. The van der Waals surface area contributed by atoms with Gasteiger partial charge in [-0.3, -0.25) is 15.5 Å². The molecule has 1 unspecified atom stereocenters. The highest BCUT2D eigenvalue weighted by Gasteiger charge is 2.23. The molecule has 1 aromatic carbocycles. The first-order valence-electron chi connectivity index (χ1n) is 6.96. The Morgan fingerprint density at radius 1 is 1.39 bits per heavy atom. The Morgan fingerprint density at radius 3 is 2.61 bits per heavy atom. The number of benzene rings is 1.